The minimum absolute atomic E-state index is 0.0148. The van der Waals surface area contributed by atoms with Gasteiger partial charge in [0, 0.05) is 28.7 Å². The van der Waals surface area contributed by atoms with Gasteiger partial charge in [-0.2, -0.15) is 0 Å². The van der Waals surface area contributed by atoms with E-state index in [1.807, 2.05) is 0 Å². The van der Waals surface area contributed by atoms with Crippen LogP contribution in [-0.2, 0) is 14.3 Å². The predicted octanol–water partition coefficient (Wildman–Crippen LogP) is 2.91. The predicted molar refractivity (Wildman–Crippen MR) is 117 cm³/mol. The number of esters is 3. The van der Waals surface area contributed by atoms with Gasteiger partial charge in [-0.1, -0.05) is 23.7 Å². The van der Waals surface area contributed by atoms with Gasteiger partial charge in [-0.25, -0.2) is 9.59 Å². The number of hydrogen-bond acceptors (Lipinski definition) is 6. The Hall–Kier alpha value is -5.04. The van der Waals surface area contributed by atoms with Crippen LogP contribution in [0.1, 0.15) is 55.8 Å². The molecule has 0 saturated carbocycles. The molecular formula is C26H15NO5. The highest BCUT2D eigenvalue weighted by Gasteiger charge is 2.17. The van der Waals surface area contributed by atoms with Crippen molar-refractivity contribution in [2.24, 2.45) is 0 Å². The van der Waals surface area contributed by atoms with Gasteiger partial charge in [-0.3, -0.25) is 10.2 Å². The van der Waals surface area contributed by atoms with Crippen molar-refractivity contribution in [3.8, 4) is 49.4 Å². The molecule has 2 aromatic carbocycles. The summed E-state index contributed by atoms with van der Waals surface area (Å²) in [7, 11) is 0. The van der Waals surface area contributed by atoms with Crippen LogP contribution in [-0.4, -0.2) is 23.8 Å². The number of rotatable bonds is 5. The molecule has 0 aliphatic carbocycles. The van der Waals surface area contributed by atoms with E-state index < -0.39 is 23.8 Å². The number of carbonyl (C=O) groups excluding carboxylic acids is 3. The Balaban J connectivity index is 1.94. The molecular weight excluding hydrogens is 406 g/mol. The Morgan fingerprint density at radius 3 is 1.41 bits per heavy atom. The molecule has 0 atom stereocenters. The number of ether oxygens (including phenoxy) is 2. The number of carbonyl (C=O) groups is 3. The Kier molecular flexibility index (Phi) is 7.74. The molecule has 0 aliphatic rings. The monoisotopic (exact) mass is 421 g/mol. The smallest absolute Gasteiger partial charge is 0.345 e. The van der Waals surface area contributed by atoms with Crippen molar-refractivity contribution in [1.29, 1.82) is 5.41 Å². The van der Waals surface area contributed by atoms with Crippen molar-refractivity contribution in [1.82, 2.24) is 0 Å². The SMILES string of the molecule is C#Cc1cc(C#C)cc(C(=O)OC(=N)CCC(=O)OC(=O)c2cc(C#C)cc(C#C)c2)c1. The van der Waals surface area contributed by atoms with Gasteiger partial charge >= 0.3 is 17.9 Å². The normalized spacial score (nSPS) is 9.25. The molecule has 2 aromatic rings. The summed E-state index contributed by atoms with van der Waals surface area (Å²) >= 11 is 0. The lowest BCUT2D eigenvalue weighted by atomic mass is 10.1. The van der Waals surface area contributed by atoms with E-state index in [-0.39, 0.29) is 24.0 Å². The first-order chi connectivity index (χ1) is 15.3. The molecule has 0 radical (unpaired) electrons. The molecule has 154 valence electrons. The number of benzene rings is 2. The Morgan fingerprint density at radius 2 is 1.03 bits per heavy atom. The molecule has 2 rings (SSSR count). The molecule has 0 saturated heterocycles. The van der Waals surface area contributed by atoms with Crippen LogP contribution < -0.4 is 0 Å². The fourth-order valence-electron chi connectivity index (χ4n) is 2.48. The van der Waals surface area contributed by atoms with Crippen LogP contribution in [0.4, 0.5) is 0 Å². The zero-order valence-electron chi connectivity index (χ0n) is 16.7. The quantitative estimate of drug-likeness (QED) is 0.263. The number of hydrogen-bond donors (Lipinski definition) is 1. The highest BCUT2D eigenvalue weighted by molar-refractivity contribution is 6.00. The topological polar surface area (TPSA) is 93.5 Å². The lowest BCUT2D eigenvalue weighted by molar-refractivity contribution is -0.137. The van der Waals surface area contributed by atoms with Gasteiger partial charge in [0.25, 0.3) is 0 Å². The van der Waals surface area contributed by atoms with Gasteiger partial charge in [0.1, 0.15) is 0 Å². The maximum Gasteiger partial charge on any atom is 0.345 e. The van der Waals surface area contributed by atoms with Gasteiger partial charge in [0.2, 0.25) is 0 Å². The molecule has 6 nitrogen and oxygen atoms in total. The average molecular weight is 421 g/mol. The van der Waals surface area contributed by atoms with Crippen LogP contribution in [0.25, 0.3) is 0 Å². The van der Waals surface area contributed by atoms with Gasteiger partial charge in [-0.05, 0) is 36.4 Å². The molecule has 32 heavy (non-hydrogen) atoms. The number of terminal acetylenes is 4. The van der Waals surface area contributed by atoms with Gasteiger partial charge in [0.05, 0.1) is 17.5 Å². The molecule has 6 heteroatoms. The third-order valence-corrected chi connectivity index (χ3v) is 3.98. The molecule has 1 N–H and O–H groups in total. The molecule has 0 heterocycles. The van der Waals surface area contributed by atoms with Crippen molar-refractivity contribution < 1.29 is 23.9 Å². The minimum Gasteiger partial charge on any atom is -0.409 e. The summed E-state index contributed by atoms with van der Waals surface area (Å²) in [6.45, 7) is 0. The van der Waals surface area contributed by atoms with Crippen LogP contribution in [0.3, 0.4) is 0 Å². The maximum absolute atomic E-state index is 12.2. The summed E-state index contributed by atoms with van der Waals surface area (Å²) in [6, 6.07) is 8.56. The number of nitrogens with one attached hydrogen (secondary N) is 1. The van der Waals surface area contributed by atoms with E-state index in [0.717, 1.165) is 0 Å². The molecule has 0 spiro atoms. The van der Waals surface area contributed by atoms with E-state index in [1.165, 1.54) is 30.3 Å². The van der Waals surface area contributed by atoms with Crippen LogP contribution in [0.15, 0.2) is 36.4 Å². The summed E-state index contributed by atoms with van der Waals surface area (Å²) in [5.74, 6) is 6.20. The zero-order chi connectivity index (χ0) is 23.7. The summed E-state index contributed by atoms with van der Waals surface area (Å²) in [6.07, 6.45) is 20.6. The van der Waals surface area contributed by atoms with Crippen molar-refractivity contribution in [2.45, 2.75) is 12.8 Å². The Morgan fingerprint density at radius 1 is 0.656 bits per heavy atom. The van der Waals surface area contributed by atoms with E-state index in [4.69, 9.17) is 40.6 Å². The van der Waals surface area contributed by atoms with Gasteiger partial charge in [0.15, 0.2) is 5.90 Å². The molecule has 0 bridgehead atoms. The van der Waals surface area contributed by atoms with E-state index in [9.17, 15) is 14.4 Å². The fourth-order valence-corrected chi connectivity index (χ4v) is 2.48. The Labute approximate surface area is 185 Å². The second kappa shape index (κ2) is 10.7. The molecule has 0 aliphatic heterocycles. The summed E-state index contributed by atoms with van der Waals surface area (Å²) in [5, 5.41) is 7.75. The lowest BCUT2D eigenvalue weighted by Gasteiger charge is -2.07. The van der Waals surface area contributed by atoms with Crippen LogP contribution in [0.2, 0.25) is 0 Å². The first-order valence-corrected chi connectivity index (χ1v) is 9.00. The second-order valence-corrected chi connectivity index (χ2v) is 6.25. The van der Waals surface area contributed by atoms with Crippen molar-refractivity contribution in [2.75, 3.05) is 0 Å². The molecule has 0 amide bonds. The van der Waals surface area contributed by atoms with Gasteiger partial charge < -0.3 is 9.47 Å². The highest BCUT2D eigenvalue weighted by atomic mass is 16.6. The molecule has 0 fully saturated rings. The van der Waals surface area contributed by atoms with Crippen LogP contribution in [0.5, 0.6) is 0 Å². The first-order valence-electron chi connectivity index (χ1n) is 9.00. The van der Waals surface area contributed by atoms with E-state index in [2.05, 4.69) is 23.7 Å². The van der Waals surface area contributed by atoms with Crippen LogP contribution >= 0.6 is 0 Å². The van der Waals surface area contributed by atoms with Crippen molar-refractivity contribution in [3.05, 3.63) is 69.8 Å². The highest BCUT2D eigenvalue weighted by Crippen LogP contribution is 2.13. The minimum atomic E-state index is -0.944. The van der Waals surface area contributed by atoms with Crippen LogP contribution in [0, 0.1) is 54.8 Å². The van der Waals surface area contributed by atoms with Gasteiger partial charge in [-0.15, -0.1) is 25.7 Å². The molecule has 0 unspecified atom stereocenters. The Bertz CT molecular complexity index is 1120. The summed E-state index contributed by atoms with van der Waals surface area (Å²) in [5.41, 5.74) is 1.55. The second-order valence-electron chi connectivity index (χ2n) is 6.25. The summed E-state index contributed by atoms with van der Waals surface area (Å²) < 4.78 is 9.65. The van der Waals surface area contributed by atoms with Crippen molar-refractivity contribution >= 4 is 23.8 Å². The maximum atomic E-state index is 12.2. The fraction of sp³-hybridized carbons (Fsp3) is 0.0769. The van der Waals surface area contributed by atoms with E-state index in [0.29, 0.717) is 22.3 Å². The zero-order valence-corrected chi connectivity index (χ0v) is 16.7. The molecule has 0 aromatic heterocycles. The van der Waals surface area contributed by atoms with E-state index >= 15 is 0 Å². The first kappa shape index (κ1) is 23.2. The lowest BCUT2D eigenvalue weighted by Crippen LogP contribution is -2.17. The standard InChI is InChI=1S/C26H15NO5/c1-5-17-11-18(6-2)14-21(13-17)25(29)31-23(27)9-10-24(28)32-26(30)22-15-19(7-3)12-20(8-4)16-22/h1-4,11-16,27H,9-10H2. The average Bonchev–Trinajstić information content (AvgIpc) is 2.81. The summed E-state index contributed by atoms with van der Waals surface area (Å²) in [4.78, 5) is 36.3. The third-order valence-electron chi connectivity index (χ3n) is 3.98. The van der Waals surface area contributed by atoms with Crippen molar-refractivity contribution in [3.63, 3.8) is 0 Å². The third kappa shape index (κ3) is 6.23. The largest absolute Gasteiger partial charge is 0.409 e. The van der Waals surface area contributed by atoms with E-state index in [1.54, 1.807) is 6.07 Å².